The Labute approximate surface area is 517 Å². The van der Waals surface area contributed by atoms with Gasteiger partial charge in [0.15, 0.2) is 12.6 Å². The first-order chi connectivity index (χ1) is 41.6. The van der Waals surface area contributed by atoms with Gasteiger partial charge in [-0.05, 0) is 64.2 Å². The predicted octanol–water partition coefficient (Wildman–Crippen LogP) is 13.8. The smallest absolute Gasteiger partial charge is 0.220 e. The van der Waals surface area contributed by atoms with Gasteiger partial charge >= 0.3 is 0 Å². The molecule has 0 spiro atoms. The summed E-state index contributed by atoms with van der Waals surface area (Å²) in [7, 11) is 0. The normalized spacial score (nSPS) is 24.0. The summed E-state index contributed by atoms with van der Waals surface area (Å²) < 4.78 is 22.8. The van der Waals surface area contributed by atoms with Crippen molar-refractivity contribution in [3.05, 3.63) is 72.9 Å². The molecule has 14 nitrogen and oxygen atoms in total. The summed E-state index contributed by atoms with van der Waals surface area (Å²) in [6.07, 6.45) is 58.2. The molecule has 2 aliphatic rings. The Balaban J connectivity index is 1.51. The summed E-state index contributed by atoms with van der Waals surface area (Å²) in [5, 5.41) is 87.2. The lowest BCUT2D eigenvalue weighted by atomic mass is 9.97. The Morgan fingerprint density at radius 3 is 1.25 bits per heavy atom. The van der Waals surface area contributed by atoms with Crippen molar-refractivity contribution >= 4 is 5.91 Å². The maximum atomic E-state index is 13.3. The van der Waals surface area contributed by atoms with Crippen LogP contribution in [-0.4, -0.2) is 140 Å². The van der Waals surface area contributed by atoms with Crippen LogP contribution in [0.15, 0.2) is 72.9 Å². The second-order valence-electron chi connectivity index (χ2n) is 24.3. The quantitative estimate of drug-likeness (QED) is 0.0204. The molecule has 1 amide bonds. The zero-order valence-electron chi connectivity index (χ0n) is 53.6. The van der Waals surface area contributed by atoms with Gasteiger partial charge in [0, 0.05) is 6.42 Å². The van der Waals surface area contributed by atoms with Gasteiger partial charge in [-0.25, -0.2) is 0 Å². The Morgan fingerprint density at radius 1 is 0.435 bits per heavy atom. The molecular weight excluding hydrogens is 1070 g/mol. The number of amides is 1. The number of hydrogen-bond acceptors (Lipinski definition) is 13. The summed E-state index contributed by atoms with van der Waals surface area (Å²) in [6.45, 7) is 2.73. The number of carbonyl (C=O) groups is 1. The van der Waals surface area contributed by atoms with Gasteiger partial charge in [0.05, 0.1) is 32.0 Å². The maximum Gasteiger partial charge on any atom is 0.220 e. The fraction of sp³-hybridized carbons (Fsp3) is 0.817. The Bertz CT molecular complexity index is 1700. The minimum absolute atomic E-state index is 0.206. The first-order valence-electron chi connectivity index (χ1n) is 34.7. The molecule has 0 aromatic carbocycles. The summed E-state index contributed by atoms with van der Waals surface area (Å²) in [5.41, 5.74) is 0. The second-order valence-corrected chi connectivity index (χ2v) is 24.3. The van der Waals surface area contributed by atoms with Gasteiger partial charge in [-0.15, -0.1) is 0 Å². The van der Waals surface area contributed by atoms with E-state index in [0.29, 0.717) is 12.8 Å². The van der Waals surface area contributed by atoms with Crippen LogP contribution in [0.2, 0.25) is 0 Å². The lowest BCUT2D eigenvalue weighted by Gasteiger charge is -2.46. The maximum absolute atomic E-state index is 13.3. The predicted molar refractivity (Wildman–Crippen MR) is 346 cm³/mol. The molecule has 2 saturated heterocycles. The molecule has 2 fully saturated rings. The molecule has 14 heteroatoms. The first-order valence-corrected chi connectivity index (χ1v) is 34.7. The van der Waals surface area contributed by atoms with E-state index in [1.165, 1.54) is 161 Å². The van der Waals surface area contributed by atoms with Crippen molar-refractivity contribution in [2.75, 3.05) is 19.8 Å². The van der Waals surface area contributed by atoms with Crippen molar-refractivity contribution < 1.29 is 64.6 Å². The van der Waals surface area contributed by atoms with Gasteiger partial charge in [0.2, 0.25) is 5.91 Å². The molecule has 2 rings (SSSR count). The molecule has 0 aromatic rings. The van der Waals surface area contributed by atoms with Crippen molar-refractivity contribution in [1.82, 2.24) is 5.32 Å². The van der Waals surface area contributed by atoms with Gasteiger partial charge in [-0.2, -0.15) is 0 Å². The number of rotatable bonds is 56. The number of unbranched alkanes of at least 4 members (excludes halogenated alkanes) is 31. The molecule has 0 radical (unpaired) electrons. The molecule has 85 heavy (non-hydrogen) atoms. The van der Waals surface area contributed by atoms with Gasteiger partial charge in [-0.3, -0.25) is 4.79 Å². The molecule has 0 saturated carbocycles. The Morgan fingerprint density at radius 2 is 0.812 bits per heavy atom. The van der Waals surface area contributed by atoms with Crippen LogP contribution in [-0.2, 0) is 23.7 Å². The second kappa shape index (κ2) is 55.5. The molecular formula is C71H127NO13. The molecule has 9 N–H and O–H groups in total. The lowest BCUT2D eigenvalue weighted by molar-refractivity contribution is -0.359. The third kappa shape index (κ3) is 39.9. The van der Waals surface area contributed by atoms with Crippen LogP contribution in [0.4, 0.5) is 0 Å². The van der Waals surface area contributed by atoms with Crippen LogP contribution in [0.5, 0.6) is 0 Å². The minimum atomic E-state index is -1.78. The van der Waals surface area contributed by atoms with Crippen molar-refractivity contribution in [3.8, 4) is 0 Å². The Hall–Kier alpha value is -2.57. The average Bonchev–Trinajstić information content (AvgIpc) is 2.93. The summed E-state index contributed by atoms with van der Waals surface area (Å²) in [5.74, 6) is -0.206. The van der Waals surface area contributed by atoms with E-state index in [1.807, 2.05) is 0 Å². The summed E-state index contributed by atoms with van der Waals surface area (Å²) in [6, 6.07) is -0.827. The van der Waals surface area contributed by atoms with E-state index in [1.54, 1.807) is 0 Å². The minimum Gasteiger partial charge on any atom is -0.394 e. The molecule has 12 unspecified atom stereocenters. The summed E-state index contributed by atoms with van der Waals surface area (Å²) in [4.78, 5) is 13.3. The SMILES string of the molecule is CC/C=C\C/C=C\C/C=C\C/C=C\C/C=C\C/C=C\CCCCCCCCCCCCCCCCCCCCCCCCC(=O)NC(COC1OC(CO)C(OC2OC(CO)C(O)C(O)C2O)C(O)C1O)C(O)CCCCCCCCCCCC. The molecule has 0 aliphatic carbocycles. The third-order valence-electron chi connectivity index (χ3n) is 16.7. The zero-order valence-corrected chi connectivity index (χ0v) is 53.6. The molecule has 494 valence electrons. The van der Waals surface area contributed by atoms with Crippen LogP contribution < -0.4 is 5.32 Å². The highest BCUT2D eigenvalue weighted by Gasteiger charge is 2.51. The highest BCUT2D eigenvalue weighted by atomic mass is 16.7. The molecule has 2 aliphatic heterocycles. The summed E-state index contributed by atoms with van der Waals surface area (Å²) >= 11 is 0. The van der Waals surface area contributed by atoms with Crippen LogP contribution in [0, 0.1) is 0 Å². The van der Waals surface area contributed by atoms with E-state index in [-0.39, 0.29) is 12.5 Å². The molecule has 12 atom stereocenters. The number of allylic oxidation sites excluding steroid dienone is 12. The first kappa shape index (κ1) is 78.5. The highest BCUT2D eigenvalue weighted by Crippen LogP contribution is 2.30. The molecule has 0 bridgehead atoms. The van der Waals surface area contributed by atoms with Gasteiger partial charge < -0.3 is 65.1 Å². The topological polar surface area (TPSA) is 228 Å². The number of hydrogen-bond donors (Lipinski definition) is 9. The van der Waals surface area contributed by atoms with E-state index >= 15 is 0 Å². The highest BCUT2D eigenvalue weighted by molar-refractivity contribution is 5.76. The van der Waals surface area contributed by atoms with E-state index in [0.717, 1.165) is 89.9 Å². The van der Waals surface area contributed by atoms with E-state index in [4.69, 9.17) is 18.9 Å². The molecule has 2 heterocycles. The van der Waals surface area contributed by atoms with Crippen molar-refractivity contribution in [2.45, 2.75) is 351 Å². The standard InChI is InChI=1S/C71H127NO13/c1-3-5-7-9-11-13-15-16-17-18-19-20-21-22-23-24-25-26-27-28-29-30-31-32-33-34-35-36-37-38-39-40-41-42-43-44-45-47-49-51-53-55-63(76)72-59(60(75)54-52-50-48-46-14-12-10-8-6-4-2)58-82-70-68(81)66(79)69(62(57-74)84-70)85-71-67(80)65(78)64(77)61(56-73)83-71/h5,7,11,13,16-17,19-20,22-23,25-26,59-62,64-71,73-75,77-81H,3-4,6,8-10,12,14-15,18,21,24,27-58H2,1-2H3,(H,72,76)/b7-5-,13-11-,17-16-,20-19-,23-22-,26-25-. The largest absolute Gasteiger partial charge is 0.394 e. The molecule has 0 aromatic heterocycles. The van der Waals surface area contributed by atoms with Crippen molar-refractivity contribution in [1.29, 1.82) is 0 Å². The zero-order chi connectivity index (χ0) is 61.6. The van der Waals surface area contributed by atoms with Crippen LogP contribution in [0.25, 0.3) is 0 Å². The fourth-order valence-electron chi connectivity index (χ4n) is 11.2. The van der Waals surface area contributed by atoms with Gasteiger partial charge in [0.1, 0.15) is 48.8 Å². The number of aliphatic hydroxyl groups excluding tert-OH is 8. The van der Waals surface area contributed by atoms with Crippen molar-refractivity contribution in [2.24, 2.45) is 0 Å². The average molecular weight is 1200 g/mol. The van der Waals surface area contributed by atoms with Crippen molar-refractivity contribution in [3.63, 3.8) is 0 Å². The monoisotopic (exact) mass is 1200 g/mol. The van der Waals surface area contributed by atoms with Crippen LogP contribution in [0.1, 0.15) is 277 Å². The van der Waals surface area contributed by atoms with E-state index in [9.17, 15) is 45.6 Å². The lowest BCUT2D eigenvalue weighted by Crippen LogP contribution is -2.65. The van der Waals surface area contributed by atoms with E-state index < -0.39 is 86.8 Å². The van der Waals surface area contributed by atoms with Crippen LogP contribution in [0.3, 0.4) is 0 Å². The fourth-order valence-corrected chi connectivity index (χ4v) is 11.2. The number of aliphatic hydroxyl groups is 8. The number of nitrogens with one attached hydrogen (secondary N) is 1. The van der Waals surface area contributed by atoms with Gasteiger partial charge in [0.25, 0.3) is 0 Å². The van der Waals surface area contributed by atoms with Crippen LogP contribution >= 0.6 is 0 Å². The van der Waals surface area contributed by atoms with Gasteiger partial charge in [-0.1, -0.05) is 279 Å². The number of ether oxygens (including phenoxy) is 4. The number of carbonyl (C=O) groups excluding carboxylic acids is 1. The Kier molecular flexibility index (Phi) is 51.3. The third-order valence-corrected chi connectivity index (χ3v) is 16.7. The van der Waals surface area contributed by atoms with E-state index in [2.05, 4.69) is 92.1 Å².